The Balaban J connectivity index is 2.80. The van der Waals surface area contributed by atoms with Gasteiger partial charge in [0.2, 0.25) is 0 Å². The van der Waals surface area contributed by atoms with Crippen LogP contribution in [-0.4, -0.2) is 5.11 Å². The maximum atomic E-state index is 9.52. The molecule has 13 heavy (non-hydrogen) atoms. The molecule has 0 aliphatic rings. The van der Waals surface area contributed by atoms with Crippen molar-refractivity contribution in [3.05, 3.63) is 23.8 Å². The van der Waals surface area contributed by atoms with Crippen LogP contribution in [0.3, 0.4) is 0 Å². The Morgan fingerprint density at radius 3 is 2.92 bits per heavy atom. The summed E-state index contributed by atoms with van der Waals surface area (Å²) >= 11 is 7.04. The molecule has 3 N–H and O–H groups in total. The van der Waals surface area contributed by atoms with E-state index in [1.807, 2.05) is 18.2 Å². The lowest BCUT2D eigenvalue weighted by atomic mass is 10.2. The minimum Gasteiger partial charge on any atom is -0.499 e. The molecule has 0 unspecified atom stereocenters. The van der Waals surface area contributed by atoms with Gasteiger partial charge in [-0.1, -0.05) is 11.3 Å². The molecule has 0 atom stereocenters. The van der Waals surface area contributed by atoms with Gasteiger partial charge < -0.3 is 10.8 Å². The molecular formula is C9H8ClNOS. The van der Waals surface area contributed by atoms with E-state index >= 15 is 0 Å². The Kier molecular flexibility index (Phi) is 2.06. The third kappa shape index (κ3) is 1.34. The lowest BCUT2D eigenvalue weighted by Crippen LogP contribution is -1.83. The Hall–Kier alpha value is -0.930. The number of thiophene rings is 1. The molecule has 0 spiro atoms. The minimum atomic E-state index is 0.288. The normalized spacial score (nSPS) is 10.8. The summed E-state index contributed by atoms with van der Waals surface area (Å²) in [6, 6.07) is 5.55. The number of nitrogen functional groups attached to an aromatic ring is 1. The van der Waals surface area contributed by atoms with E-state index < -0.39 is 0 Å². The van der Waals surface area contributed by atoms with Crippen LogP contribution in [0.25, 0.3) is 10.1 Å². The zero-order valence-electron chi connectivity index (χ0n) is 6.75. The summed E-state index contributed by atoms with van der Waals surface area (Å²) in [5, 5.41) is 10.8. The second-order valence-corrected chi connectivity index (χ2v) is 4.07. The van der Waals surface area contributed by atoms with E-state index in [0.29, 0.717) is 11.6 Å². The maximum Gasteiger partial charge on any atom is 0.176 e. The summed E-state index contributed by atoms with van der Waals surface area (Å²) in [5.41, 5.74) is 7.10. The molecule has 0 aliphatic carbocycles. The van der Waals surface area contributed by atoms with Crippen molar-refractivity contribution in [2.75, 3.05) is 5.73 Å². The summed E-state index contributed by atoms with van der Waals surface area (Å²) in [5.74, 6) is 0.315. The second-order valence-electron chi connectivity index (χ2n) is 2.77. The standard InChI is InChI=1S/C9H8ClNOS/c10-4-7-6-3-5(11)1-2-8(6)13-9(7)12/h1-3,12H,4,11H2. The predicted molar refractivity (Wildman–Crippen MR) is 57.5 cm³/mol. The zero-order chi connectivity index (χ0) is 9.42. The van der Waals surface area contributed by atoms with Crippen LogP contribution in [0.5, 0.6) is 5.06 Å². The van der Waals surface area contributed by atoms with Gasteiger partial charge in [-0.2, -0.15) is 0 Å². The number of anilines is 1. The molecule has 0 radical (unpaired) electrons. The molecule has 0 bridgehead atoms. The molecule has 0 saturated carbocycles. The number of nitrogens with two attached hydrogens (primary N) is 1. The van der Waals surface area contributed by atoms with Crippen molar-refractivity contribution in [3.63, 3.8) is 0 Å². The third-order valence-corrected chi connectivity index (χ3v) is 3.21. The molecule has 0 aliphatic heterocycles. The van der Waals surface area contributed by atoms with Crippen LogP contribution in [0.1, 0.15) is 5.56 Å². The molecule has 0 fully saturated rings. The summed E-state index contributed by atoms with van der Waals surface area (Å²) in [6.07, 6.45) is 0. The number of fused-ring (bicyclic) bond motifs is 1. The van der Waals surface area contributed by atoms with Gasteiger partial charge in [0, 0.05) is 21.3 Å². The first-order valence-corrected chi connectivity index (χ1v) is 5.13. The van der Waals surface area contributed by atoms with Crippen molar-refractivity contribution in [2.45, 2.75) is 5.88 Å². The fraction of sp³-hybridized carbons (Fsp3) is 0.111. The number of benzene rings is 1. The highest BCUT2D eigenvalue weighted by atomic mass is 35.5. The Bertz CT molecular complexity index is 452. The van der Waals surface area contributed by atoms with E-state index in [-0.39, 0.29) is 5.06 Å². The Labute approximate surface area is 84.6 Å². The molecule has 2 aromatic rings. The fourth-order valence-electron chi connectivity index (χ4n) is 1.28. The van der Waals surface area contributed by atoms with Gasteiger partial charge in [0.1, 0.15) is 0 Å². The fourth-order valence-corrected chi connectivity index (χ4v) is 2.57. The van der Waals surface area contributed by atoms with Gasteiger partial charge in [0.25, 0.3) is 0 Å². The van der Waals surface area contributed by atoms with Crippen molar-refractivity contribution in [3.8, 4) is 5.06 Å². The lowest BCUT2D eigenvalue weighted by Gasteiger charge is -1.95. The Morgan fingerprint density at radius 2 is 2.23 bits per heavy atom. The van der Waals surface area contributed by atoms with E-state index in [1.165, 1.54) is 11.3 Å². The van der Waals surface area contributed by atoms with Crippen molar-refractivity contribution >= 4 is 38.7 Å². The van der Waals surface area contributed by atoms with Gasteiger partial charge in [-0.15, -0.1) is 11.6 Å². The average molecular weight is 214 g/mol. The number of alkyl halides is 1. The van der Waals surface area contributed by atoms with Crippen LogP contribution < -0.4 is 5.73 Å². The second kappa shape index (κ2) is 3.09. The maximum absolute atomic E-state index is 9.52. The minimum absolute atomic E-state index is 0.288. The lowest BCUT2D eigenvalue weighted by molar-refractivity contribution is 0.487. The molecule has 2 rings (SSSR count). The number of halogens is 1. The van der Waals surface area contributed by atoms with Crippen LogP contribution in [0.4, 0.5) is 5.69 Å². The monoisotopic (exact) mass is 213 g/mol. The molecule has 68 valence electrons. The van der Waals surface area contributed by atoms with Gasteiger partial charge in [-0.3, -0.25) is 0 Å². The van der Waals surface area contributed by atoms with Crippen molar-refractivity contribution < 1.29 is 5.11 Å². The summed E-state index contributed by atoms with van der Waals surface area (Å²) < 4.78 is 1.02. The highest BCUT2D eigenvalue weighted by molar-refractivity contribution is 7.20. The number of hydrogen-bond donors (Lipinski definition) is 2. The topological polar surface area (TPSA) is 46.2 Å². The van der Waals surface area contributed by atoms with Crippen molar-refractivity contribution in [1.82, 2.24) is 0 Å². The molecule has 0 amide bonds. The first-order chi connectivity index (χ1) is 6.22. The summed E-state index contributed by atoms with van der Waals surface area (Å²) in [4.78, 5) is 0. The smallest absolute Gasteiger partial charge is 0.176 e. The number of rotatable bonds is 1. The zero-order valence-corrected chi connectivity index (χ0v) is 8.32. The van der Waals surface area contributed by atoms with Crippen LogP contribution in [0.2, 0.25) is 0 Å². The van der Waals surface area contributed by atoms with Crippen molar-refractivity contribution in [1.29, 1.82) is 0 Å². The van der Waals surface area contributed by atoms with Crippen LogP contribution in [0, 0.1) is 0 Å². The van der Waals surface area contributed by atoms with E-state index in [1.54, 1.807) is 0 Å². The first kappa shape index (κ1) is 8.66. The highest BCUT2D eigenvalue weighted by Crippen LogP contribution is 2.38. The number of aromatic hydroxyl groups is 1. The summed E-state index contributed by atoms with van der Waals surface area (Å²) in [6.45, 7) is 0. The van der Waals surface area contributed by atoms with E-state index in [2.05, 4.69) is 0 Å². The molecular weight excluding hydrogens is 206 g/mol. The molecule has 1 heterocycles. The molecule has 1 aromatic carbocycles. The Morgan fingerprint density at radius 1 is 1.46 bits per heavy atom. The molecule has 4 heteroatoms. The first-order valence-electron chi connectivity index (χ1n) is 3.78. The quantitative estimate of drug-likeness (QED) is 0.565. The third-order valence-electron chi connectivity index (χ3n) is 1.93. The van der Waals surface area contributed by atoms with E-state index in [4.69, 9.17) is 17.3 Å². The van der Waals surface area contributed by atoms with Crippen molar-refractivity contribution in [2.24, 2.45) is 0 Å². The molecule has 2 nitrogen and oxygen atoms in total. The van der Waals surface area contributed by atoms with Gasteiger partial charge in [0.05, 0.1) is 5.88 Å². The van der Waals surface area contributed by atoms with Crippen LogP contribution in [-0.2, 0) is 5.88 Å². The van der Waals surface area contributed by atoms with Crippen LogP contribution in [0.15, 0.2) is 18.2 Å². The highest BCUT2D eigenvalue weighted by Gasteiger charge is 2.09. The van der Waals surface area contributed by atoms with Crippen LogP contribution >= 0.6 is 22.9 Å². The van der Waals surface area contributed by atoms with E-state index in [9.17, 15) is 5.11 Å². The van der Waals surface area contributed by atoms with Gasteiger partial charge in [-0.05, 0) is 18.2 Å². The predicted octanol–water partition coefficient (Wildman–Crippen LogP) is 2.93. The molecule has 0 saturated heterocycles. The molecule has 1 aromatic heterocycles. The SMILES string of the molecule is Nc1ccc2sc(O)c(CCl)c2c1. The van der Waals surface area contributed by atoms with E-state index in [0.717, 1.165) is 15.6 Å². The van der Waals surface area contributed by atoms with Gasteiger partial charge in [-0.25, -0.2) is 0 Å². The van der Waals surface area contributed by atoms with Gasteiger partial charge in [0.15, 0.2) is 5.06 Å². The average Bonchev–Trinajstić information content (AvgIpc) is 2.40. The summed E-state index contributed by atoms with van der Waals surface area (Å²) in [7, 11) is 0. The number of hydrogen-bond acceptors (Lipinski definition) is 3. The van der Waals surface area contributed by atoms with Gasteiger partial charge >= 0.3 is 0 Å². The largest absolute Gasteiger partial charge is 0.499 e.